The Morgan fingerprint density at radius 2 is 0.915 bits per heavy atom. The average Bonchev–Trinajstić information content (AvgIpc) is 3.53. The van der Waals surface area contributed by atoms with E-state index in [1.165, 1.54) is 0 Å². The monoisotopic (exact) mass is 601 g/mol. The normalized spacial score (nSPS) is 11.4. The number of nitrogens with zero attached hydrogens (tertiary/aromatic N) is 3. The molecule has 9 aromatic rings. The molecule has 0 saturated heterocycles. The number of hydrogen-bond donors (Lipinski definition) is 0. The molecule has 2 aromatic heterocycles. The zero-order valence-electron chi connectivity index (χ0n) is 25.3. The summed E-state index contributed by atoms with van der Waals surface area (Å²) in [6.07, 6.45) is 0. The molecule has 0 bridgehead atoms. The van der Waals surface area contributed by atoms with E-state index in [1.807, 2.05) is 54.6 Å². The van der Waals surface area contributed by atoms with Gasteiger partial charge in [0.25, 0.3) is 0 Å². The van der Waals surface area contributed by atoms with Crippen molar-refractivity contribution in [3.05, 3.63) is 164 Å². The molecule has 9 rings (SSSR count). The highest BCUT2D eigenvalue weighted by atomic mass is 16.3. The second-order valence-electron chi connectivity index (χ2n) is 11.6. The van der Waals surface area contributed by atoms with Crippen LogP contribution in [0.1, 0.15) is 0 Å². The van der Waals surface area contributed by atoms with Gasteiger partial charge in [-0.15, -0.1) is 0 Å². The Bertz CT molecular complexity index is 2570. The van der Waals surface area contributed by atoms with Crippen LogP contribution in [0, 0.1) is 0 Å². The maximum absolute atomic E-state index is 6.20. The molecular weight excluding hydrogens is 574 g/mol. The van der Waals surface area contributed by atoms with Gasteiger partial charge < -0.3 is 4.42 Å². The summed E-state index contributed by atoms with van der Waals surface area (Å²) in [5, 5.41) is 4.48. The minimum atomic E-state index is 0.620. The molecule has 0 atom stereocenters. The summed E-state index contributed by atoms with van der Waals surface area (Å²) in [7, 11) is 0. The summed E-state index contributed by atoms with van der Waals surface area (Å²) in [5.41, 5.74) is 9.00. The first-order chi connectivity index (χ1) is 23.3. The van der Waals surface area contributed by atoms with Crippen LogP contribution in [0.25, 0.3) is 89.1 Å². The van der Waals surface area contributed by atoms with Crippen LogP contribution in [-0.2, 0) is 0 Å². The standard InChI is InChI=1S/C43H27N3O/c1-3-12-28(13-4-1)34-21-10-16-29-17-11-22-37(40(29)34)43-45-41(30-14-5-2-6-15-30)44-42(46-43)33-19-9-18-31(26-33)32-24-25-36-35-20-7-8-23-38(35)47-39(36)27-32/h1-27H. The van der Waals surface area contributed by atoms with Crippen molar-refractivity contribution < 1.29 is 4.42 Å². The van der Waals surface area contributed by atoms with Crippen LogP contribution < -0.4 is 0 Å². The minimum Gasteiger partial charge on any atom is -0.456 e. The van der Waals surface area contributed by atoms with Gasteiger partial charge in [0, 0.05) is 32.8 Å². The van der Waals surface area contributed by atoms with E-state index >= 15 is 0 Å². The van der Waals surface area contributed by atoms with Gasteiger partial charge in [-0.3, -0.25) is 0 Å². The second-order valence-corrected chi connectivity index (χ2v) is 11.6. The first-order valence-electron chi connectivity index (χ1n) is 15.7. The van der Waals surface area contributed by atoms with E-state index in [9.17, 15) is 0 Å². The van der Waals surface area contributed by atoms with Crippen LogP contribution >= 0.6 is 0 Å². The molecule has 4 nitrogen and oxygen atoms in total. The Morgan fingerprint density at radius 1 is 0.340 bits per heavy atom. The number of aromatic nitrogens is 3. The summed E-state index contributed by atoms with van der Waals surface area (Å²) in [4.78, 5) is 15.3. The van der Waals surface area contributed by atoms with Gasteiger partial charge >= 0.3 is 0 Å². The lowest BCUT2D eigenvalue weighted by molar-refractivity contribution is 0.669. The van der Waals surface area contributed by atoms with E-state index in [-0.39, 0.29) is 0 Å². The van der Waals surface area contributed by atoms with E-state index in [4.69, 9.17) is 19.4 Å². The number of furan rings is 1. The van der Waals surface area contributed by atoms with E-state index < -0.39 is 0 Å². The number of benzene rings is 7. The van der Waals surface area contributed by atoms with E-state index in [1.54, 1.807) is 0 Å². The number of fused-ring (bicyclic) bond motifs is 4. The van der Waals surface area contributed by atoms with Crippen LogP contribution in [-0.4, -0.2) is 15.0 Å². The van der Waals surface area contributed by atoms with Crippen LogP contribution in [0.5, 0.6) is 0 Å². The van der Waals surface area contributed by atoms with Gasteiger partial charge in [-0.2, -0.15) is 0 Å². The number of hydrogen-bond acceptors (Lipinski definition) is 4. The van der Waals surface area contributed by atoms with Crippen molar-refractivity contribution in [3.8, 4) is 56.4 Å². The fourth-order valence-electron chi connectivity index (χ4n) is 6.47. The van der Waals surface area contributed by atoms with Crippen LogP contribution in [0.3, 0.4) is 0 Å². The van der Waals surface area contributed by atoms with Gasteiger partial charge in [-0.25, -0.2) is 15.0 Å². The first kappa shape index (κ1) is 27.0. The zero-order chi connectivity index (χ0) is 31.2. The predicted molar refractivity (Wildman–Crippen MR) is 192 cm³/mol. The molecule has 0 aliphatic carbocycles. The quantitative estimate of drug-likeness (QED) is 0.197. The van der Waals surface area contributed by atoms with Crippen molar-refractivity contribution in [3.63, 3.8) is 0 Å². The maximum atomic E-state index is 6.20. The van der Waals surface area contributed by atoms with E-state index in [0.29, 0.717) is 17.5 Å². The molecule has 2 heterocycles. The highest BCUT2D eigenvalue weighted by Gasteiger charge is 2.17. The second kappa shape index (κ2) is 11.2. The van der Waals surface area contributed by atoms with Crippen molar-refractivity contribution in [2.24, 2.45) is 0 Å². The Labute approximate surface area is 271 Å². The van der Waals surface area contributed by atoms with Gasteiger partial charge in [0.1, 0.15) is 11.2 Å². The smallest absolute Gasteiger partial charge is 0.164 e. The van der Waals surface area contributed by atoms with Gasteiger partial charge in [0.2, 0.25) is 0 Å². The maximum Gasteiger partial charge on any atom is 0.164 e. The zero-order valence-corrected chi connectivity index (χ0v) is 25.3. The molecule has 0 unspecified atom stereocenters. The number of rotatable bonds is 5. The summed E-state index contributed by atoms with van der Waals surface area (Å²) in [6, 6.07) is 56.3. The van der Waals surface area contributed by atoms with Crippen molar-refractivity contribution in [1.82, 2.24) is 15.0 Å². The van der Waals surface area contributed by atoms with E-state index in [2.05, 4.69) is 109 Å². The predicted octanol–water partition coefficient (Wildman–Crippen LogP) is 11.3. The molecular formula is C43H27N3O. The molecule has 47 heavy (non-hydrogen) atoms. The summed E-state index contributed by atoms with van der Waals surface area (Å²) < 4.78 is 6.20. The van der Waals surface area contributed by atoms with Gasteiger partial charge in [-0.05, 0) is 51.9 Å². The molecule has 0 spiro atoms. The molecule has 0 aliphatic heterocycles. The lowest BCUT2D eigenvalue weighted by Crippen LogP contribution is -2.01. The molecule has 0 fully saturated rings. The molecule has 0 aliphatic rings. The van der Waals surface area contributed by atoms with Crippen molar-refractivity contribution in [2.75, 3.05) is 0 Å². The molecule has 0 saturated carbocycles. The Hall–Kier alpha value is -6.39. The first-order valence-corrected chi connectivity index (χ1v) is 15.7. The lowest BCUT2D eigenvalue weighted by Gasteiger charge is -2.13. The molecule has 0 amide bonds. The largest absolute Gasteiger partial charge is 0.456 e. The Balaban J connectivity index is 1.22. The third-order valence-electron chi connectivity index (χ3n) is 8.73. The highest BCUT2D eigenvalue weighted by molar-refractivity contribution is 6.06. The molecule has 0 N–H and O–H groups in total. The molecule has 0 radical (unpaired) electrons. The SMILES string of the molecule is c1ccc(-c2nc(-c3cccc(-c4ccc5c(c4)oc4ccccc45)c3)nc(-c3cccc4cccc(-c5ccccc5)c34)n2)cc1. The van der Waals surface area contributed by atoms with Crippen molar-refractivity contribution in [2.45, 2.75) is 0 Å². The van der Waals surface area contributed by atoms with Crippen molar-refractivity contribution >= 4 is 32.7 Å². The Morgan fingerprint density at radius 3 is 1.72 bits per heavy atom. The fourth-order valence-corrected chi connectivity index (χ4v) is 6.47. The number of para-hydroxylation sites is 1. The topological polar surface area (TPSA) is 51.8 Å². The van der Waals surface area contributed by atoms with Gasteiger partial charge in [0.15, 0.2) is 17.5 Å². The third-order valence-corrected chi connectivity index (χ3v) is 8.73. The van der Waals surface area contributed by atoms with Crippen LogP contribution in [0.2, 0.25) is 0 Å². The average molecular weight is 602 g/mol. The Kier molecular flexibility index (Phi) is 6.43. The lowest BCUT2D eigenvalue weighted by atomic mass is 9.94. The van der Waals surface area contributed by atoms with Crippen LogP contribution in [0.15, 0.2) is 168 Å². The van der Waals surface area contributed by atoms with Gasteiger partial charge in [0.05, 0.1) is 0 Å². The highest BCUT2D eigenvalue weighted by Crippen LogP contribution is 2.37. The summed E-state index contributed by atoms with van der Waals surface area (Å²) in [5.74, 6) is 1.89. The molecule has 4 heteroatoms. The van der Waals surface area contributed by atoms with Crippen LogP contribution in [0.4, 0.5) is 0 Å². The third kappa shape index (κ3) is 4.84. The summed E-state index contributed by atoms with van der Waals surface area (Å²) in [6.45, 7) is 0. The van der Waals surface area contributed by atoms with Crippen molar-refractivity contribution in [1.29, 1.82) is 0 Å². The van der Waals surface area contributed by atoms with Gasteiger partial charge in [-0.1, -0.05) is 140 Å². The fraction of sp³-hybridized carbons (Fsp3) is 0. The van der Waals surface area contributed by atoms with E-state index in [0.717, 1.165) is 71.7 Å². The minimum absolute atomic E-state index is 0.620. The molecule has 7 aromatic carbocycles. The molecule has 220 valence electrons. The summed E-state index contributed by atoms with van der Waals surface area (Å²) >= 11 is 0.